The van der Waals surface area contributed by atoms with Crippen LogP contribution in [0.4, 0.5) is 4.39 Å². The first-order valence-corrected chi connectivity index (χ1v) is 10.6. The van der Waals surface area contributed by atoms with E-state index in [1.54, 1.807) is 13.2 Å². The highest BCUT2D eigenvalue weighted by Gasteiger charge is 2.23. The summed E-state index contributed by atoms with van der Waals surface area (Å²) < 4.78 is 24.4. The van der Waals surface area contributed by atoms with Gasteiger partial charge in [-0.2, -0.15) is 0 Å². The van der Waals surface area contributed by atoms with Gasteiger partial charge in [-0.05, 0) is 42.3 Å². The van der Waals surface area contributed by atoms with Gasteiger partial charge in [0.05, 0.1) is 32.9 Å². The average Bonchev–Trinajstić information content (AvgIpc) is 2.81. The lowest BCUT2D eigenvalue weighted by Crippen LogP contribution is -2.46. The van der Waals surface area contributed by atoms with Crippen molar-refractivity contribution in [1.29, 1.82) is 0 Å². The van der Waals surface area contributed by atoms with E-state index in [2.05, 4.69) is 32.7 Å². The minimum absolute atomic E-state index is 0. The van der Waals surface area contributed by atoms with Crippen LogP contribution in [0.3, 0.4) is 0 Å². The molecule has 0 spiro atoms. The third kappa shape index (κ3) is 7.49. The maximum atomic E-state index is 13.6. The predicted octanol–water partition coefficient (Wildman–Crippen LogP) is 3.29. The molecule has 0 radical (unpaired) electrons. The number of benzene rings is 2. The van der Waals surface area contributed by atoms with E-state index in [0.717, 1.165) is 18.8 Å². The van der Waals surface area contributed by atoms with Gasteiger partial charge in [-0.15, -0.1) is 24.0 Å². The molecule has 0 aromatic heterocycles. The highest BCUT2D eigenvalue weighted by Crippen LogP contribution is 2.23. The first kappa shape index (κ1) is 26.1. The Hall–Kier alpha value is -2.11. The van der Waals surface area contributed by atoms with Crippen LogP contribution in [-0.2, 0) is 11.3 Å². The summed E-state index contributed by atoms with van der Waals surface area (Å²) in [6, 6.07) is 12.6. The zero-order chi connectivity index (χ0) is 22.1. The van der Waals surface area contributed by atoms with Gasteiger partial charge in [-0.25, -0.2) is 9.38 Å². The number of halogens is 2. The topological polar surface area (TPSA) is 78.4 Å². The number of aliphatic imine (C=N–C) groups is 1. The van der Waals surface area contributed by atoms with Crippen LogP contribution in [0.15, 0.2) is 47.5 Å². The molecule has 7 nitrogen and oxygen atoms in total. The Kier molecular flexibility index (Phi) is 11.0. The van der Waals surface area contributed by atoms with E-state index in [1.165, 1.54) is 17.7 Å². The summed E-state index contributed by atoms with van der Waals surface area (Å²) in [5, 5.41) is 16.0. The van der Waals surface area contributed by atoms with E-state index in [0.29, 0.717) is 44.4 Å². The van der Waals surface area contributed by atoms with Crippen LogP contribution in [0.25, 0.3) is 0 Å². The van der Waals surface area contributed by atoms with Crippen molar-refractivity contribution in [2.45, 2.75) is 19.5 Å². The number of hydrogen-bond acceptors (Lipinski definition) is 5. The minimum atomic E-state index is -0.641. The first-order valence-electron chi connectivity index (χ1n) is 10.6. The van der Waals surface area contributed by atoms with Crippen molar-refractivity contribution in [3.8, 4) is 11.5 Å². The Morgan fingerprint density at radius 1 is 1.19 bits per heavy atom. The fraction of sp³-hybridized carbons (Fsp3) is 0.435. The second-order valence-electron chi connectivity index (χ2n) is 7.30. The number of morpholine rings is 1. The van der Waals surface area contributed by atoms with Crippen LogP contribution in [0.1, 0.15) is 24.1 Å². The molecule has 3 N–H and O–H groups in total. The van der Waals surface area contributed by atoms with Crippen molar-refractivity contribution in [2.75, 3.05) is 46.5 Å². The number of aromatic hydroxyl groups is 1. The van der Waals surface area contributed by atoms with Crippen molar-refractivity contribution in [3.63, 3.8) is 0 Å². The monoisotopic (exact) mass is 558 g/mol. The molecular formula is C23H32FIN4O3. The molecule has 32 heavy (non-hydrogen) atoms. The van der Waals surface area contributed by atoms with E-state index >= 15 is 0 Å². The average molecular weight is 558 g/mol. The van der Waals surface area contributed by atoms with Crippen molar-refractivity contribution < 1.29 is 19.0 Å². The summed E-state index contributed by atoms with van der Waals surface area (Å²) in [6.07, 6.45) is 0. The largest absolute Gasteiger partial charge is 0.505 e. The van der Waals surface area contributed by atoms with Gasteiger partial charge in [0.15, 0.2) is 17.5 Å². The normalized spacial score (nSPS) is 15.5. The summed E-state index contributed by atoms with van der Waals surface area (Å²) in [7, 11) is 1.66. The molecule has 1 aliphatic rings. The van der Waals surface area contributed by atoms with Gasteiger partial charge >= 0.3 is 0 Å². The number of ether oxygens (including phenoxy) is 2. The second-order valence-corrected chi connectivity index (χ2v) is 7.30. The van der Waals surface area contributed by atoms with Crippen LogP contribution in [0.5, 0.6) is 11.5 Å². The maximum Gasteiger partial charge on any atom is 0.191 e. The van der Waals surface area contributed by atoms with Gasteiger partial charge in [0, 0.05) is 26.2 Å². The van der Waals surface area contributed by atoms with Gasteiger partial charge in [-0.3, -0.25) is 4.90 Å². The number of phenols is 1. The molecule has 1 fully saturated rings. The molecule has 3 rings (SSSR count). The van der Waals surface area contributed by atoms with Crippen LogP contribution >= 0.6 is 24.0 Å². The molecule has 0 amide bonds. The zero-order valence-corrected chi connectivity index (χ0v) is 20.8. The lowest BCUT2D eigenvalue weighted by atomic mass is 10.0. The summed E-state index contributed by atoms with van der Waals surface area (Å²) in [4.78, 5) is 6.98. The molecule has 176 valence electrons. The van der Waals surface area contributed by atoms with E-state index < -0.39 is 5.82 Å². The third-order valence-electron chi connectivity index (χ3n) is 5.23. The van der Waals surface area contributed by atoms with Gasteiger partial charge in [-0.1, -0.05) is 18.2 Å². The maximum absolute atomic E-state index is 13.6. The number of hydrogen-bond donors (Lipinski definition) is 3. The van der Waals surface area contributed by atoms with E-state index in [4.69, 9.17) is 9.47 Å². The van der Waals surface area contributed by atoms with Gasteiger partial charge < -0.3 is 25.2 Å². The fourth-order valence-corrected chi connectivity index (χ4v) is 3.53. The van der Waals surface area contributed by atoms with Crippen molar-refractivity contribution in [2.24, 2.45) is 4.99 Å². The number of guanidine groups is 1. The summed E-state index contributed by atoms with van der Waals surface area (Å²) in [6.45, 7) is 6.82. The molecule has 2 aromatic rings. The number of rotatable bonds is 8. The lowest BCUT2D eigenvalue weighted by Gasteiger charge is -2.35. The standard InChI is InChI=1S/C23H31FN4O3.HI/c1-3-25-23(26-15-17-4-9-22(29)20(24)14-17)27-16-21(28-10-12-31-13-11-28)18-5-7-19(30-2)8-6-18;/h4-9,14,21,29H,3,10-13,15-16H2,1-2H3,(H2,25,26,27);1H. The number of phenolic OH excluding ortho intramolecular Hbond substituents is 1. The van der Waals surface area contributed by atoms with E-state index in [-0.39, 0.29) is 35.8 Å². The van der Waals surface area contributed by atoms with E-state index in [9.17, 15) is 9.50 Å². The molecule has 9 heteroatoms. The van der Waals surface area contributed by atoms with Crippen LogP contribution in [0, 0.1) is 5.82 Å². The van der Waals surface area contributed by atoms with Crippen molar-refractivity contribution >= 4 is 29.9 Å². The molecule has 0 aliphatic carbocycles. The van der Waals surface area contributed by atoms with Crippen LogP contribution < -0.4 is 15.4 Å². The fourth-order valence-electron chi connectivity index (χ4n) is 3.53. The third-order valence-corrected chi connectivity index (χ3v) is 5.23. The molecule has 1 saturated heterocycles. The smallest absolute Gasteiger partial charge is 0.191 e. The van der Waals surface area contributed by atoms with Gasteiger partial charge in [0.1, 0.15) is 5.75 Å². The van der Waals surface area contributed by atoms with Crippen molar-refractivity contribution in [1.82, 2.24) is 15.5 Å². The Balaban J connectivity index is 0.00000363. The summed E-state index contributed by atoms with van der Waals surface area (Å²) in [5.74, 6) is 0.486. The summed E-state index contributed by atoms with van der Waals surface area (Å²) in [5.41, 5.74) is 1.87. The first-order chi connectivity index (χ1) is 15.1. The minimum Gasteiger partial charge on any atom is -0.505 e. The number of methoxy groups -OCH3 is 1. The molecule has 1 unspecified atom stereocenters. The Morgan fingerprint density at radius 3 is 2.53 bits per heavy atom. The molecule has 1 aliphatic heterocycles. The summed E-state index contributed by atoms with van der Waals surface area (Å²) >= 11 is 0. The Labute approximate surface area is 206 Å². The molecule has 0 bridgehead atoms. The van der Waals surface area contributed by atoms with Gasteiger partial charge in [0.2, 0.25) is 0 Å². The van der Waals surface area contributed by atoms with E-state index in [1.807, 2.05) is 19.1 Å². The Morgan fingerprint density at radius 2 is 1.91 bits per heavy atom. The molecular weight excluding hydrogens is 526 g/mol. The van der Waals surface area contributed by atoms with Gasteiger partial charge in [0.25, 0.3) is 0 Å². The number of nitrogens with zero attached hydrogens (tertiary/aromatic N) is 2. The SMILES string of the molecule is CCNC(=NCc1ccc(O)c(F)c1)NCC(c1ccc(OC)cc1)N1CCOCC1.I. The highest BCUT2D eigenvalue weighted by atomic mass is 127. The highest BCUT2D eigenvalue weighted by molar-refractivity contribution is 14.0. The molecule has 0 saturated carbocycles. The molecule has 1 heterocycles. The quantitative estimate of drug-likeness (QED) is 0.262. The number of nitrogens with one attached hydrogen (secondary N) is 2. The Bertz CT molecular complexity index is 861. The zero-order valence-electron chi connectivity index (χ0n) is 18.5. The molecule has 2 aromatic carbocycles. The van der Waals surface area contributed by atoms with Crippen molar-refractivity contribution in [3.05, 3.63) is 59.4 Å². The lowest BCUT2D eigenvalue weighted by molar-refractivity contribution is 0.0170. The second kappa shape index (κ2) is 13.4. The predicted molar refractivity (Wildman–Crippen MR) is 134 cm³/mol. The van der Waals surface area contributed by atoms with Crippen LogP contribution in [-0.4, -0.2) is 62.5 Å². The molecule has 1 atom stereocenters. The van der Waals surface area contributed by atoms with Crippen LogP contribution in [0.2, 0.25) is 0 Å².